The number of hydrogen-bond acceptors (Lipinski definition) is 3. The monoisotopic (exact) mass is 339 g/mol. The van der Waals surface area contributed by atoms with Crippen LogP contribution in [0.2, 0.25) is 0 Å². The van der Waals surface area contributed by atoms with E-state index in [4.69, 9.17) is 0 Å². The molecule has 1 aromatic heterocycles. The van der Waals surface area contributed by atoms with E-state index in [2.05, 4.69) is 17.2 Å². The van der Waals surface area contributed by atoms with Gasteiger partial charge in [0.05, 0.1) is 0 Å². The summed E-state index contributed by atoms with van der Waals surface area (Å²) in [6.45, 7) is 6.41. The van der Waals surface area contributed by atoms with Crippen molar-refractivity contribution in [2.24, 2.45) is 0 Å². The Kier molecular flexibility index (Phi) is 6.69. The predicted molar refractivity (Wildman–Crippen MR) is 99.1 cm³/mol. The van der Waals surface area contributed by atoms with Crippen LogP contribution in [0.4, 0.5) is 5.69 Å². The molecule has 25 heavy (non-hydrogen) atoms. The number of aromatic nitrogens is 1. The Morgan fingerprint density at radius 1 is 1.20 bits per heavy atom. The maximum Gasteiger partial charge on any atom is 0.226 e. The summed E-state index contributed by atoms with van der Waals surface area (Å²) in [4.78, 5) is 29.9. The van der Waals surface area contributed by atoms with Crippen LogP contribution in [0.15, 0.2) is 42.7 Å². The summed E-state index contributed by atoms with van der Waals surface area (Å²) < 4.78 is 0. The molecule has 2 aromatic rings. The molecule has 132 valence electrons. The maximum absolute atomic E-state index is 12.4. The quantitative estimate of drug-likeness (QED) is 0.841. The third-order valence-corrected chi connectivity index (χ3v) is 4.15. The minimum Gasteiger partial charge on any atom is -0.338 e. The second kappa shape index (κ2) is 8.97. The van der Waals surface area contributed by atoms with Crippen LogP contribution in [0.5, 0.6) is 0 Å². The summed E-state index contributed by atoms with van der Waals surface area (Å²) in [6.07, 6.45) is 4.55. The van der Waals surface area contributed by atoms with Crippen LogP contribution in [-0.4, -0.2) is 28.2 Å². The third-order valence-electron chi connectivity index (χ3n) is 4.15. The number of para-hydroxylation sites is 1. The lowest BCUT2D eigenvalue weighted by Crippen LogP contribution is -2.31. The molecule has 0 radical (unpaired) electrons. The van der Waals surface area contributed by atoms with E-state index in [1.165, 1.54) is 6.92 Å². The number of aryl methyl sites for hydroxylation is 2. The molecule has 0 fully saturated rings. The zero-order valence-electron chi connectivity index (χ0n) is 15.1. The fourth-order valence-electron chi connectivity index (χ4n) is 2.70. The summed E-state index contributed by atoms with van der Waals surface area (Å²) >= 11 is 0. The maximum atomic E-state index is 12.4. The Morgan fingerprint density at radius 3 is 2.64 bits per heavy atom. The van der Waals surface area contributed by atoms with Crippen molar-refractivity contribution < 1.29 is 9.59 Å². The van der Waals surface area contributed by atoms with Gasteiger partial charge >= 0.3 is 0 Å². The van der Waals surface area contributed by atoms with Gasteiger partial charge in [-0.25, -0.2) is 0 Å². The molecule has 0 saturated carbocycles. The van der Waals surface area contributed by atoms with Gasteiger partial charge in [-0.15, -0.1) is 0 Å². The first-order valence-electron chi connectivity index (χ1n) is 8.54. The normalized spacial score (nSPS) is 10.4. The molecular formula is C20H25N3O2. The highest BCUT2D eigenvalue weighted by Gasteiger charge is 2.13. The Morgan fingerprint density at radius 2 is 2.00 bits per heavy atom. The van der Waals surface area contributed by atoms with Gasteiger partial charge in [0, 0.05) is 44.5 Å². The van der Waals surface area contributed by atoms with E-state index in [1.54, 1.807) is 17.3 Å². The topological polar surface area (TPSA) is 62.3 Å². The molecule has 0 atom stereocenters. The lowest BCUT2D eigenvalue weighted by molar-refractivity contribution is -0.129. The van der Waals surface area contributed by atoms with Crippen molar-refractivity contribution in [3.05, 3.63) is 59.4 Å². The number of amides is 2. The number of benzene rings is 1. The fraction of sp³-hybridized carbons (Fsp3) is 0.350. The molecule has 1 N–H and O–H groups in total. The second-order valence-electron chi connectivity index (χ2n) is 6.06. The molecule has 1 heterocycles. The van der Waals surface area contributed by atoms with Crippen LogP contribution < -0.4 is 5.32 Å². The van der Waals surface area contributed by atoms with Crippen molar-refractivity contribution in [1.82, 2.24) is 9.88 Å². The van der Waals surface area contributed by atoms with Gasteiger partial charge in [0.2, 0.25) is 11.8 Å². The molecule has 2 amide bonds. The van der Waals surface area contributed by atoms with Gasteiger partial charge in [-0.2, -0.15) is 0 Å². The van der Waals surface area contributed by atoms with Gasteiger partial charge in [-0.3, -0.25) is 14.6 Å². The molecule has 2 rings (SSSR count). The molecule has 0 spiro atoms. The Balaban J connectivity index is 1.97. The van der Waals surface area contributed by atoms with Crippen LogP contribution in [-0.2, 0) is 22.6 Å². The van der Waals surface area contributed by atoms with Gasteiger partial charge in [0.1, 0.15) is 0 Å². The highest BCUT2D eigenvalue weighted by atomic mass is 16.2. The van der Waals surface area contributed by atoms with Gasteiger partial charge in [0.25, 0.3) is 0 Å². The molecule has 5 nitrogen and oxygen atoms in total. The summed E-state index contributed by atoms with van der Waals surface area (Å²) in [6, 6.07) is 9.76. The average Bonchev–Trinajstić information content (AvgIpc) is 2.61. The standard InChI is InChI=1S/C20H25N3O2/c1-4-18-9-5-7-15(2)20(18)22-19(25)10-12-23(16(3)24)14-17-8-6-11-21-13-17/h5-9,11,13H,4,10,12,14H2,1-3H3,(H,22,25). The number of nitrogens with zero attached hydrogens (tertiary/aromatic N) is 2. The average molecular weight is 339 g/mol. The smallest absolute Gasteiger partial charge is 0.226 e. The first-order valence-corrected chi connectivity index (χ1v) is 8.54. The third kappa shape index (κ3) is 5.41. The van der Waals surface area contributed by atoms with Gasteiger partial charge in [0.15, 0.2) is 0 Å². The molecular weight excluding hydrogens is 314 g/mol. The summed E-state index contributed by atoms with van der Waals surface area (Å²) in [5.41, 5.74) is 4.00. The molecule has 0 saturated heterocycles. The van der Waals surface area contributed by atoms with Crippen LogP contribution in [0.3, 0.4) is 0 Å². The van der Waals surface area contributed by atoms with E-state index >= 15 is 0 Å². The van der Waals surface area contributed by atoms with Crippen molar-refractivity contribution in [2.75, 3.05) is 11.9 Å². The minimum absolute atomic E-state index is 0.0539. The molecule has 0 aliphatic carbocycles. The van der Waals surface area contributed by atoms with E-state index in [-0.39, 0.29) is 18.2 Å². The zero-order chi connectivity index (χ0) is 18.2. The largest absolute Gasteiger partial charge is 0.338 e. The number of rotatable bonds is 7. The summed E-state index contributed by atoms with van der Waals surface area (Å²) in [5, 5.41) is 3.00. The predicted octanol–water partition coefficient (Wildman–Crippen LogP) is 3.33. The highest BCUT2D eigenvalue weighted by molar-refractivity contribution is 5.92. The zero-order valence-corrected chi connectivity index (χ0v) is 15.1. The van der Waals surface area contributed by atoms with Crippen molar-refractivity contribution >= 4 is 17.5 Å². The summed E-state index contributed by atoms with van der Waals surface area (Å²) in [7, 11) is 0. The van der Waals surface area contributed by atoms with Crippen molar-refractivity contribution in [3.63, 3.8) is 0 Å². The van der Waals surface area contributed by atoms with E-state index < -0.39 is 0 Å². The number of anilines is 1. The number of carbonyl (C=O) groups is 2. The molecule has 0 bridgehead atoms. The SMILES string of the molecule is CCc1cccc(C)c1NC(=O)CCN(Cc1cccnc1)C(C)=O. The Hall–Kier alpha value is -2.69. The van der Waals surface area contributed by atoms with Crippen LogP contribution in [0.1, 0.15) is 37.0 Å². The molecule has 0 aliphatic heterocycles. The number of carbonyl (C=O) groups excluding carboxylic acids is 2. The highest BCUT2D eigenvalue weighted by Crippen LogP contribution is 2.21. The lowest BCUT2D eigenvalue weighted by Gasteiger charge is -2.21. The van der Waals surface area contributed by atoms with Gasteiger partial charge < -0.3 is 10.2 Å². The van der Waals surface area contributed by atoms with Crippen LogP contribution in [0.25, 0.3) is 0 Å². The van der Waals surface area contributed by atoms with Crippen molar-refractivity contribution in [3.8, 4) is 0 Å². The van der Waals surface area contributed by atoms with Crippen molar-refractivity contribution in [1.29, 1.82) is 0 Å². The molecule has 1 aromatic carbocycles. The van der Waals surface area contributed by atoms with E-state index in [9.17, 15) is 9.59 Å². The van der Waals surface area contributed by atoms with E-state index in [0.29, 0.717) is 13.1 Å². The summed E-state index contributed by atoms with van der Waals surface area (Å²) in [5.74, 6) is -0.136. The minimum atomic E-state index is -0.0820. The Labute approximate surface area is 149 Å². The van der Waals surface area contributed by atoms with E-state index in [1.807, 2.05) is 37.3 Å². The number of hydrogen-bond donors (Lipinski definition) is 1. The van der Waals surface area contributed by atoms with Crippen molar-refractivity contribution in [2.45, 2.75) is 40.2 Å². The molecule has 5 heteroatoms. The molecule has 0 aliphatic rings. The van der Waals surface area contributed by atoms with Crippen LogP contribution >= 0.6 is 0 Å². The second-order valence-corrected chi connectivity index (χ2v) is 6.06. The number of nitrogens with one attached hydrogen (secondary N) is 1. The first-order chi connectivity index (χ1) is 12.0. The lowest BCUT2D eigenvalue weighted by atomic mass is 10.1. The first kappa shape index (κ1) is 18.6. The van der Waals surface area contributed by atoms with Gasteiger partial charge in [-0.05, 0) is 36.1 Å². The van der Waals surface area contributed by atoms with Gasteiger partial charge in [-0.1, -0.05) is 31.2 Å². The Bertz CT molecular complexity index is 729. The van der Waals surface area contributed by atoms with Crippen LogP contribution in [0, 0.1) is 6.92 Å². The van der Waals surface area contributed by atoms with E-state index in [0.717, 1.165) is 28.8 Å². The fourth-order valence-corrected chi connectivity index (χ4v) is 2.70. The molecule has 0 unspecified atom stereocenters. The number of pyridine rings is 1.